The van der Waals surface area contributed by atoms with Crippen molar-refractivity contribution >= 4 is 11.8 Å². The second-order valence-electron chi connectivity index (χ2n) is 5.35. The number of carbonyl (C=O) groups is 1. The van der Waals surface area contributed by atoms with Gasteiger partial charge in [0.25, 0.3) is 0 Å². The summed E-state index contributed by atoms with van der Waals surface area (Å²) in [6.45, 7) is 2.34. The zero-order chi connectivity index (χ0) is 13.2. The van der Waals surface area contributed by atoms with Crippen LogP contribution in [0.25, 0.3) is 0 Å². The zero-order valence-electron chi connectivity index (χ0n) is 10.9. The average molecular weight is 261 g/mol. The molecule has 19 heavy (non-hydrogen) atoms. The van der Waals surface area contributed by atoms with Crippen molar-refractivity contribution in [3.8, 4) is 0 Å². The first-order valence-corrected chi connectivity index (χ1v) is 6.95. The van der Waals surface area contributed by atoms with Crippen LogP contribution in [0.15, 0.2) is 18.2 Å². The van der Waals surface area contributed by atoms with E-state index in [0.29, 0.717) is 17.9 Å². The third-order valence-corrected chi connectivity index (χ3v) is 4.16. The molecule has 3 rings (SSSR count). The van der Waals surface area contributed by atoms with Gasteiger partial charge in [-0.05, 0) is 37.9 Å². The van der Waals surface area contributed by atoms with Gasteiger partial charge in [0.15, 0.2) is 5.69 Å². The van der Waals surface area contributed by atoms with E-state index in [1.807, 2.05) is 6.07 Å². The van der Waals surface area contributed by atoms with E-state index >= 15 is 0 Å². The molecule has 2 saturated heterocycles. The molecule has 2 aliphatic rings. The smallest absolute Gasteiger partial charge is 0.354 e. The number of aromatic carboxylic acids is 1. The first-order chi connectivity index (χ1) is 9.24. The van der Waals surface area contributed by atoms with Crippen LogP contribution in [0.1, 0.15) is 36.2 Å². The van der Waals surface area contributed by atoms with Crippen molar-refractivity contribution < 1.29 is 9.90 Å². The summed E-state index contributed by atoms with van der Waals surface area (Å²) >= 11 is 0. The summed E-state index contributed by atoms with van der Waals surface area (Å²) < 4.78 is 0. The molecular formula is C14H19N3O2. The van der Waals surface area contributed by atoms with Crippen molar-refractivity contribution in [3.05, 3.63) is 23.9 Å². The minimum absolute atomic E-state index is 0.100. The van der Waals surface area contributed by atoms with Crippen molar-refractivity contribution in [1.29, 1.82) is 0 Å². The summed E-state index contributed by atoms with van der Waals surface area (Å²) in [6.07, 6.45) is 4.94. The van der Waals surface area contributed by atoms with Gasteiger partial charge in [0.05, 0.1) is 0 Å². The van der Waals surface area contributed by atoms with Gasteiger partial charge < -0.3 is 10.4 Å². The topological polar surface area (TPSA) is 65.5 Å². The largest absolute Gasteiger partial charge is 0.477 e. The third-order valence-electron chi connectivity index (χ3n) is 4.16. The number of nitrogens with zero attached hydrogens (tertiary/aromatic N) is 2. The Morgan fingerprint density at radius 3 is 3.05 bits per heavy atom. The van der Waals surface area contributed by atoms with E-state index in [1.165, 1.54) is 31.9 Å². The maximum Gasteiger partial charge on any atom is 0.354 e. The van der Waals surface area contributed by atoms with Crippen LogP contribution in [0.2, 0.25) is 0 Å². The quantitative estimate of drug-likeness (QED) is 0.869. The second-order valence-corrected chi connectivity index (χ2v) is 5.35. The molecule has 2 unspecified atom stereocenters. The number of hydrogen-bond donors (Lipinski definition) is 2. The maximum atomic E-state index is 10.9. The highest BCUT2D eigenvalue weighted by Crippen LogP contribution is 2.28. The fourth-order valence-electron chi connectivity index (χ4n) is 3.24. The van der Waals surface area contributed by atoms with Gasteiger partial charge >= 0.3 is 5.97 Å². The van der Waals surface area contributed by atoms with Crippen LogP contribution in [0.4, 0.5) is 5.82 Å². The van der Waals surface area contributed by atoms with Crippen molar-refractivity contribution in [2.75, 3.05) is 18.4 Å². The Hall–Kier alpha value is -1.62. The van der Waals surface area contributed by atoms with Crippen LogP contribution < -0.4 is 5.32 Å². The average Bonchev–Trinajstić information content (AvgIpc) is 2.83. The third kappa shape index (κ3) is 2.56. The van der Waals surface area contributed by atoms with Gasteiger partial charge in [-0.3, -0.25) is 4.90 Å². The Balaban J connectivity index is 1.71. The SMILES string of the molecule is O=C(O)c1cccc(NC2CCN3CCCCC23)n1. The summed E-state index contributed by atoms with van der Waals surface area (Å²) in [4.78, 5) is 17.6. The lowest BCUT2D eigenvalue weighted by atomic mass is 9.99. The van der Waals surface area contributed by atoms with Crippen molar-refractivity contribution in [2.24, 2.45) is 0 Å². The monoisotopic (exact) mass is 261 g/mol. The number of hydrogen-bond acceptors (Lipinski definition) is 4. The molecule has 0 saturated carbocycles. The van der Waals surface area contributed by atoms with Crippen LogP contribution >= 0.6 is 0 Å². The lowest BCUT2D eigenvalue weighted by Gasteiger charge is -2.32. The Morgan fingerprint density at radius 2 is 2.21 bits per heavy atom. The number of nitrogens with one attached hydrogen (secondary N) is 1. The highest BCUT2D eigenvalue weighted by atomic mass is 16.4. The van der Waals surface area contributed by atoms with E-state index in [1.54, 1.807) is 6.07 Å². The number of fused-ring (bicyclic) bond motifs is 1. The van der Waals surface area contributed by atoms with Gasteiger partial charge in [0.2, 0.25) is 0 Å². The van der Waals surface area contributed by atoms with Crippen molar-refractivity contribution in [3.63, 3.8) is 0 Å². The molecular weight excluding hydrogens is 242 g/mol. The van der Waals surface area contributed by atoms with Crippen molar-refractivity contribution in [1.82, 2.24) is 9.88 Å². The molecule has 0 bridgehead atoms. The van der Waals surface area contributed by atoms with Gasteiger partial charge in [-0.1, -0.05) is 12.5 Å². The molecule has 2 aliphatic heterocycles. The minimum Gasteiger partial charge on any atom is -0.477 e. The van der Waals surface area contributed by atoms with E-state index in [4.69, 9.17) is 5.11 Å². The van der Waals surface area contributed by atoms with Crippen LogP contribution in [0.5, 0.6) is 0 Å². The van der Waals surface area contributed by atoms with Crippen LogP contribution in [0, 0.1) is 0 Å². The van der Waals surface area contributed by atoms with E-state index in [0.717, 1.165) is 13.0 Å². The predicted molar refractivity (Wildman–Crippen MR) is 72.4 cm³/mol. The molecule has 1 aromatic rings. The molecule has 2 atom stereocenters. The van der Waals surface area contributed by atoms with Crippen LogP contribution in [-0.2, 0) is 0 Å². The Kier molecular flexibility index (Phi) is 3.38. The summed E-state index contributed by atoms with van der Waals surface area (Å²) in [7, 11) is 0. The highest BCUT2D eigenvalue weighted by Gasteiger charge is 2.35. The second kappa shape index (κ2) is 5.17. The molecule has 0 radical (unpaired) electrons. The van der Waals surface area contributed by atoms with E-state index in [-0.39, 0.29) is 5.69 Å². The fraction of sp³-hybridized carbons (Fsp3) is 0.571. The predicted octanol–water partition coefficient (Wildman–Crippen LogP) is 1.82. The normalized spacial score (nSPS) is 26.9. The standard InChI is InChI=1S/C14H19N3O2/c18-14(19)11-4-3-6-13(16-11)15-10-7-9-17-8-2-1-5-12(10)17/h3-4,6,10,12H,1-2,5,7-9H2,(H,15,16)(H,18,19). The van der Waals surface area contributed by atoms with Gasteiger partial charge in [-0.2, -0.15) is 0 Å². The Morgan fingerprint density at radius 1 is 1.32 bits per heavy atom. The van der Waals surface area contributed by atoms with Gasteiger partial charge in [0.1, 0.15) is 5.82 Å². The number of aromatic nitrogens is 1. The van der Waals surface area contributed by atoms with Gasteiger partial charge in [-0.25, -0.2) is 9.78 Å². The first-order valence-electron chi connectivity index (χ1n) is 6.95. The van der Waals surface area contributed by atoms with Crippen LogP contribution in [0.3, 0.4) is 0 Å². The van der Waals surface area contributed by atoms with E-state index in [9.17, 15) is 4.79 Å². The van der Waals surface area contributed by atoms with Crippen LogP contribution in [-0.4, -0.2) is 46.1 Å². The first kappa shape index (κ1) is 12.4. The summed E-state index contributed by atoms with van der Waals surface area (Å²) in [5.41, 5.74) is 0.100. The lowest BCUT2D eigenvalue weighted by molar-refractivity contribution is 0.0690. The number of carboxylic acids is 1. The van der Waals surface area contributed by atoms with Gasteiger partial charge in [-0.15, -0.1) is 0 Å². The van der Waals surface area contributed by atoms with Gasteiger partial charge in [0, 0.05) is 18.6 Å². The number of piperidine rings is 1. The lowest BCUT2D eigenvalue weighted by Crippen LogP contribution is -2.41. The minimum atomic E-state index is -0.977. The zero-order valence-corrected chi connectivity index (χ0v) is 10.9. The molecule has 5 nitrogen and oxygen atoms in total. The molecule has 0 aromatic carbocycles. The number of pyridine rings is 1. The maximum absolute atomic E-state index is 10.9. The summed E-state index contributed by atoms with van der Waals surface area (Å²) in [5, 5.41) is 12.4. The molecule has 2 fully saturated rings. The summed E-state index contributed by atoms with van der Waals surface area (Å²) in [5.74, 6) is -0.299. The summed E-state index contributed by atoms with van der Waals surface area (Å²) in [6, 6.07) is 6.10. The van der Waals surface area contributed by atoms with E-state index < -0.39 is 5.97 Å². The Labute approximate surface area is 112 Å². The van der Waals surface area contributed by atoms with E-state index in [2.05, 4.69) is 15.2 Å². The number of carboxylic acid groups (broad SMARTS) is 1. The highest BCUT2D eigenvalue weighted by molar-refractivity contribution is 5.85. The Bertz CT molecular complexity index is 478. The molecule has 1 aromatic heterocycles. The fourth-order valence-corrected chi connectivity index (χ4v) is 3.24. The molecule has 102 valence electrons. The molecule has 2 N–H and O–H groups in total. The molecule has 5 heteroatoms. The number of anilines is 1. The van der Waals surface area contributed by atoms with Crippen molar-refractivity contribution in [2.45, 2.75) is 37.8 Å². The molecule has 0 aliphatic carbocycles. The molecule has 3 heterocycles. The molecule has 0 spiro atoms. The molecule has 0 amide bonds. The number of rotatable bonds is 3.